The number of hydrogen-bond donors (Lipinski definition) is 1. The Morgan fingerprint density at radius 2 is 1.86 bits per heavy atom. The summed E-state index contributed by atoms with van der Waals surface area (Å²) in [6.45, 7) is 5.06. The van der Waals surface area contributed by atoms with Gasteiger partial charge in [0, 0.05) is 16.1 Å². The molecule has 0 spiro atoms. The van der Waals surface area contributed by atoms with Gasteiger partial charge in [0.2, 0.25) is 0 Å². The van der Waals surface area contributed by atoms with Crippen LogP contribution in [0.3, 0.4) is 0 Å². The lowest BCUT2D eigenvalue weighted by atomic mass is 9.97. The molecule has 0 aliphatic heterocycles. The average molecular weight is 350 g/mol. The Balaban J connectivity index is 2.27. The molecule has 1 nitrogen and oxygen atoms in total. The van der Waals surface area contributed by atoms with Gasteiger partial charge in [-0.2, -0.15) is 0 Å². The van der Waals surface area contributed by atoms with E-state index in [9.17, 15) is 4.39 Å². The first-order valence-electron chi connectivity index (χ1n) is 7.34. The van der Waals surface area contributed by atoms with Gasteiger partial charge >= 0.3 is 0 Å². The second kappa shape index (κ2) is 7.71. The first-order valence-corrected chi connectivity index (χ1v) is 8.14. The maximum absolute atomic E-state index is 14.2. The quantitative estimate of drug-likeness (QED) is 0.757. The third-order valence-electron chi connectivity index (χ3n) is 3.55. The van der Waals surface area contributed by atoms with E-state index >= 15 is 0 Å². The summed E-state index contributed by atoms with van der Waals surface area (Å²) in [5.74, 6) is -0.162. The molecule has 1 N–H and O–H groups in total. The molecule has 0 saturated heterocycles. The van der Waals surface area contributed by atoms with Crippen LogP contribution in [0.5, 0.6) is 0 Å². The molecule has 0 aliphatic rings. The number of benzene rings is 2. The Labute approximate surface area is 134 Å². The summed E-state index contributed by atoms with van der Waals surface area (Å²) in [4.78, 5) is 0. The molecule has 0 aliphatic carbocycles. The number of aryl methyl sites for hydroxylation is 1. The molecular formula is C18H21BrFN. The SMILES string of the molecule is CCCNC(Cc1ccc(C)cc1)c1c(F)cccc1Br. The number of rotatable bonds is 6. The molecule has 21 heavy (non-hydrogen) atoms. The zero-order valence-electron chi connectivity index (χ0n) is 12.5. The van der Waals surface area contributed by atoms with Crippen molar-refractivity contribution in [3.63, 3.8) is 0 Å². The van der Waals surface area contributed by atoms with Gasteiger partial charge in [-0.3, -0.25) is 0 Å². The van der Waals surface area contributed by atoms with E-state index in [1.165, 1.54) is 17.2 Å². The van der Waals surface area contributed by atoms with Crippen molar-refractivity contribution >= 4 is 15.9 Å². The smallest absolute Gasteiger partial charge is 0.129 e. The monoisotopic (exact) mass is 349 g/mol. The van der Waals surface area contributed by atoms with E-state index in [1.54, 1.807) is 6.07 Å². The highest BCUT2D eigenvalue weighted by molar-refractivity contribution is 9.10. The van der Waals surface area contributed by atoms with Crippen LogP contribution in [-0.4, -0.2) is 6.54 Å². The Morgan fingerprint density at radius 3 is 2.48 bits per heavy atom. The van der Waals surface area contributed by atoms with Crippen molar-refractivity contribution < 1.29 is 4.39 Å². The Kier molecular flexibility index (Phi) is 5.95. The maximum atomic E-state index is 14.2. The molecule has 0 amide bonds. The molecular weight excluding hydrogens is 329 g/mol. The van der Waals surface area contributed by atoms with Crippen molar-refractivity contribution in [1.29, 1.82) is 0 Å². The van der Waals surface area contributed by atoms with Gasteiger partial charge in [-0.1, -0.05) is 58.7 Å². The lowest BCUT2D eigenvalue weighted by molar-refractivity contribution is 0.495. The van der Waals surface area contributed by atoms with Crippen LogP contribution in [0.25, 0.3) is 0 Å². The van der Waals surface area contributed by atoms with E-state index in [4.69, 9.17) is 0 Å². The molecule has 2 aromatic carbocycles. The molecule has 2 aromatic rings. The van der Waals surface area contributed by atoms with E-state index in [2.05, 4.69) is 59.4 Å². The van der Waals surface area contributed by atoms with Crippen molar-refractivity contribution in [2.45, 2.75) is 32.7 Å². The van der Waals surface area contributed by atoms with Crippen LogP contribution in [0.1, 0.15) is 36.1 Å². The van der Waals surface area contributed by atoms with Gasteiger partial charge in [0.15, 0.2) is 0 Å². The standard InChI is InChI=1S/C18H21BrFN/c1-3-11-21-17(12-14-9-7-13(2)8-10-14)18-15(19)5-4-6-16(18)20/h4-10,17,21H,3,11-12H2,1-2H3. The van der Waals surface area contributed by atoms with Gasteiger partial charge in [-0.05, 0) is 44.0 Å². The predicted molar refractivity (Wildman–Crippen MR) is 90.0 cm³/mol. The lowest BCUT2D eigenvalue weighted by Gasteiger charge is -2.21. The molecule has 3 heteroatoms. The van der Waals surface area contributed by atoms with Crippen molar-refractivity contribution in [3.8, 4) is 0 Å². The third-order valence-corrected chi connectivity index (χ3v) is 4.24. The lowest BCUT2D eigenvalue weighted by Crippen LogP contribution is -2.25. The van der Waals surface area contributed by atoms with Gasteiger partial charge in [0.25, 0.3) is 0 Å². The number of halogens is 2. The Bertz CT molecular complexity index is 560. The minimum absolute atomic E-state index is 0.0248. The number of hydrogen-bond acceptors (Lipinski definition) is 1. The summed E-state index contributed by atoms with van der Waals surface area (Å²) in [7, 11) is 0. The van der Waals surface area contributed by atoms with Crippen LogP contribution in [0.15, 0.2) is 46.9 Å². The molecule has 1 atom stereocenters. The van der Waals surface area contributed by atoms with E-state index in [-0.39, 0.29) is 11.9 Å². The molecule has 0 bridgehead atoms. The third kappa shape index (κ3) is 4.39. The fourth-order valence-corrected chi connectivity index (χ4v) is 3.02. The van der Waals surface area contributed by atoms with Crippen LogP contribution in [0.4, 0.5) is 4.39 Å². The highest BCUT2D eigenvalue weighted by Crippen LogP contribution is 2.28. The van der Waals surface area contributed by atoms with Crippen LogP contribution in [0, 0.1) is 12.7 Å². The first-order chi connectivity index (χ1) is 10.1. The van der Waals surface area contributed by atoms with Crippen LogP contribution in [0.2, 0.25) is 0 Å². The second-order valence-corrected chi connectivity index (χ2v) is 6.19. The molecule has 0 fully saturated rings. The van der Waals surface area contributed by atoms with Crippen LogP contribution >= 0.6 is 15.9 Å². The molecule has 0 aromatic heterocycles. The van der Waals surface area contributed by atoms with Crippen LogP contribution in [-0.2, 0) is 6.42 Å². The fourth-order valence-electron chi connectivity index (χ4n) is 2.40. The molecule has 112 valence electrons. The molecule has 0 radical (unpaired) electrons. The van der Waals surface area contributed by atoms with Crippen LogP contribution < -0.4 is 5.32 Å². The Hall–Kier alpha value is -1.19. The van der Waals surface area contributed by atoms with Gasteiger partial charge in [0.05, 0.1) is 0 Å². The van der Waals surface area contributed by atoms with Gasteiger partial charge in [-0.25, -0.2) is 4.39 Å². The minimum Gasteiger partial charge on any atom is -0.310 e. The van der Waals surface area contributed by atoms with E-state index in [0.29, 0.717) is 5.56 Å². The molecule has 0 heterocycles. The number of nitrogens with one attached hydrogen (secondary N) is 1. The summed E-state index contributed by atoms with van der Waals surface area (Å²) in [5.41, 5.74) is 3.17. The zero-order valence-corrected chi connectivity index (χ0v) is 14.1. The van der Waals surface area contributed by atoms with Crippen molar-refractivity contribution in [1.82, 2.24) is 5.32 Å². The van der Waals surface area contributed by atoms with Crippen molar-refractivity contribution in [2.24, 2.45) is 0 Å². The van der Waals surface area contributed by atoms with E-state index in [0.717, 1.165) is 23.9 Å². The normalized spacial score (nSPS) is 12.4. The van der Waals surface area contributed by atoms with Crippen molar-refractivity contribution in [3.05, 3.63) is 69.4 Å². The van der Waals surface area contributed by atoms with Gasteiger partial charge in [0.1, 0.15) is 5.82 Å². The van der Waals surface area contributed by atoms with Crippen molar-refractivity contribution in [2.75, 3.05) is 6.54 Å². The molecule has 2 rings (SSSR count). The summed E-state index contributed by atoms with van der Waals surface area (Å²) in [5, 5.41) is 3.46. The summed E-state index contributed by atoms with van der Waals surface area (Å²) < 4.78 is 15.0. The second-order valence-electron chi connectivity index (χ2n) is 5.33. The average Bonchev–Trinajstić information content (AvgIpc) is 2.46. The Morgan fingerprint density at radius 1 is 1.14 bits per heavy atom. The molecule has 0 saturated carbocycles. The zero-order chi connectivity index (χ0) is 15.2. The predicted octanol–water partition coefficient (Wildman–Crippen LogP) is 5.18. The summed E-state index contributed by atoms with van der Waals surface area (Å²) in [6.07, 6.45) is 1.80. The fraction of sp³-hybridized carbons (Fsp3) is 0.333. The molecule has 1 unspecified atom stereocenters. The largest absolute Gasteiger partial charge is 0.310 e. The van der Waals surface area contributed by atoms with Gasteiger partial charge in [-0.15, -0.1) is 0 Å². The topological polar surface area (TPSA) is 12.0 Å². The van der Waals surface area contributed by atoms with E-state index in [1.807, 2.05) is 6.07 Å². The first kappa shape index (κ1) is 16.2. The summed E-state index contributed by atoms with van der Waals surface area (Å²) >= 11 is 3.48. The highest BCUT2D eigenvalue weighted by Gasteiger charge is 2.18. The van der Waals surface area contributed by atoms with E-state index < -0.39 is 0 Å². The maximum Gasteiger partial charge on any atom is 0.129 e. The van der Waals surface area contributed by atoms with Gasteiger partial charge < -0.3 is 5.32 Å². The minimum atomic E-state index is -0.162. The highest BCUT2D eigenvalue weighted by atomic mass is 79.9. The summed E-state index contributed by atoms with van der Waals surface area (Å²) in [6, 6.07) is 13.6.